The molecule has 0 heterocycles. The molecule has 2 rings (SSSR count). The molecular formula is C15H23NS. The SMILES string of the molecule is CNCc1ccc(SCCC2CCCC2)cc1. The Morgan fingerprint density at radius 1 is 1.18 bits per heavy atom. The van der Waals surface area contributed by atoms with Crippen LogP contribution in [0.3, 0.4) is 0 Å². The van der Waals surface area contributed by atoms with Crippen molar-refractivity contribution < 1.29 is 0 Å². The Labute approximate surface area is 109 Å². The standard InChI is InChI=1S/C15H23NS/c1-16-12-14-6-8-15(9-7-14)17-11-10-13-4-2-3-5-13/h6-9,13,16H,2-5,10-12H2,1H3. The zero-order chi connectivity index (χ0) is 11.9. The molecular weight excluding hydrogens is 226 g/mol. The topological polar surface area (TPSA) is 12.0 Å². The number of benzene rings is 1. The van der Waals surface area contributed by atoms with Gasteiger partial charge in [-0.15, -0.1) is 11.8 Å². The van der Waals surface area contributed by atoms with Gasteiger partial charge in [-0.05, 0) is 42.8 Å². The molecule has 0 bridgehead atoms. The Morgan fingerprint density at radius 3 is 2.53 bits per heavy atom. The predicted molar refractivity (Wildman–Crippen MR) is 76.5 cm³/mol. The van der Waals surface area contributed by atoms with Gasteiger partial charge in [-0.25, -0.2) is 0 Å². The van der Waals surface area contributed by atoms with Crippen LogP contribution in [0.2, 0.25) is 0 Å². The van der Waals surface area contributed by atoms with Crippen molar-refractivity contribution in [1.29, 1.82) is 0 Å². The van der Waals surface area contributed by atoms with Crippen LogP contribution in [0.5, 0.6) is 0 Å². The van der Waals surface area contributed by atoms with Gasteiger partial charge in [0.2, 0.25) is 0 Å². The minimum absolute atomic E-state index is 0.965. The van der Waals surface area contributed by atoms with Gasteiger partial charge in [-0.2, -0.15) is 0 Å². The van der Waals surface area contributed by atoms with Gasteiger partial charge in [0.05, 0.1) is 0 Å². The fourth-order valence-electron chi connectivity index (χ4n) is 2.55. The first-order valence-corrected chi connectivity index (χ1v) is 7.73. The number of hydrogen-bond acceptors (Lipinski definition) is 2. The van der Waals surface area contributed by atoms with Crippen LogP contribution in [-0.4, -0.2) is 12.8 Å². The van der Waals surface area contributed by atoms with Crippen LogP contribution in [-0.2, 0) is 6.54 Å². The van der Waals surface area contributed by atoms with Crippen molar-refractivity contribution in [3.63, 3.8) is 0 Å². The van der Waals surface area contributed by atoms with Gasteiger partial charge in [0.15, 0.2) is 0 Å². The molecule has 0 amide bonds. The summed E-state index contributed by atoms with van der Waals surface area (Å²) >= 11 is 2.01. The summed E-state index contributed by atoms with van der Waals surface area (Å²) < 4.78 is 0. The lowest BCUT2D eigenvalue weighted by molar-refractivity contribution is 0.535. The zero-order valence-corrected chi connectivity index (χ0v) is 11.6. The van der Waals surface area contributed by atoms with Crippen LogP contribution in [0.15, 0.2) is 29.2 Å². The molecule has 1 aliphatic rings. The summed E-state index contributed by atoms with van der Waals surface area (Å²) in [5, 5.41) is 3.18. The molecule has 1 aromatic rings. The third-order valence-corrected chi connectivity index (χ3v) is 4.62. The van der Waals surface area contributed by atoms with E-state index in [9.17, 15) is 0 Å². The van der Waals surface area contributed by atoms with Crippen LogP contribution in [0.25, 0.3) is 0 Å². The van der Waals surface area contributed by atoms with E-state index in [1.54, 1.807) is 0 Å². The van der Waals surface area contributed by atoms with E-state index < -0.39 is 0 Å². The van der Waals surface area contributed by atoms with E-state index in [-0.39, 0.29) is 0 Å². The fourth-order valence-corrected chi connectivity index (χ4v) is 3.57. The highest BCUT2D eigenvalue weighted by molar-refractivity contribution is 7.99. The Kier molecular flexibility index (Phi) is 5.40. The third-order valence-electron chi connectivity index (χ3n) is 3.57. The Balaban J connectivity index is 1.70. The lowest BCUT2D eigenvalue weighted by Gasteiger charge is -2.08. The lowest BCUT2D eigenvalue weighted by Crippen LogP contribution is -2.04. The van der Waals surface area contributed by atoms with E-state index in [2.05, 4.69) is 29.6 Å². The molecule has 1 fully saturated rings. The van der Waals surface area contributed by atoms with Gasteiger partial charge in [0.1, 0.15) is 0 Å². The van der Waals surface area contributed by atoms with Crippen molar-refractivity contribution in [3.05, 3.63) is 29.8 Å². The first-order chi connectivity index (χ1) is 8.38. The summed E-state index contributed by atoms with van der Waals surface area (Å²) in [6.45, 7) is 0.965. The largest absolute Gasteiger partial charge is 0.316 e. The quantitative estimate of drug-likeness (QED) is 0.762. The van der Waals surface area contributed by atoms with Crippen LogP contribution >= 0.6 is 11.8 Å². The summed E-state index contributed by atoms with van der Waals surface area (Å²) in [7, 11) is 1.99. The van der Waals surface area contributed by atoms with E-state index >= 15 is 0 Å². The average molecular weight is 249 g/mol. The second-order valence-electron chi connectivity index (χ2n) is 4.96. The first kappa shape index (κ1) is 13.0. The molecule has 1 N–H and O–H groups in total. The molecule has 1 aromatic carbocycles. The highest BCUT2D eigenvalue weighted by Crippen LogP contribution is 2.30. The smallest absolute Gasteiger partial charge is 0.0202 e. The minimum Gasteiger partial charge on any atom is -0.316 e. The number of hydrogen-bond donors (Lipinski definition) is 1. The molecule has 0 atom stereocenters. The fraction of sp³-hybridized carbons (Fsp3) is 0.600. The maximum atomic E-state index is 3.18. The monoisotopic (exact) mass is 249 g/mol. The lowest BCUT2D eigenvalue weighted by atomic mass is 10.1. The van der Waals surface area contributed by atoms with E-state index in [0.29, 0.717) is 0 Å². The van der Waals surface area contributed by atoms with Gasteiger partial charge < -0.3 is 5.32 Å². The minimum atomic E-state index is 0.965. The molecule has 0 spiro atoms. The summed E-state index contributed by atoms with van der Waals surface area (Å²) in [6.07, 6.45) is 7.29. The predicted octanol–water partition coefficient (Wildman–Crippen LogP) is 4.08. The molecule has 94 valence electrons. The van der Waals surface area contributed by atoms with Crippen molar-refractivity contribution in [2.75, 3.05) is 12.8 Å². The molecule has 0 saturated heterocycles. The molecule has 1 nitrogen and oxygen atoms in total. The number of nitrogens with one attached hydrogen (secondary N) is 1. The Morgan fingerprint density at radius 2 is 1.88 bits per heavy atom. The van der Waals surface area contributed by atoms with Crippen LogP contribution in [0, 0.1) is 5.92 Å². The molecule has 0 unspecified atom stereocenters. The average Bonchev–Trinajstić information content (AvgIpc) is 2.85. The van der Waals surface area contributed by atoms with Crippen LogP contribution in [0.1, 0.15) is 37.7 Å². The highest BCUT2D eigenvalue weighted by Gasteiger charge is 2.14. The maximum absolute atomic E-state index is 3.18. The second kappa shape index (κ2) is 7.07. The maximum Gasteiger partial charge on any atom is 0.0202 e. The zero-order valence-electron chi connectivity index (χ0n) is 10.7. The van der Waals surface area contributed by atoms with Crippen molar-refractivity contribution in [1.82, 2.24) is 5.32 Å². The van der Waals surface area contributed by atoms with Gasteiger partial charge in [-0.1, -0.05) is 37.8 Å². The van der Waals surface area contributed by atoms with Crippen molar-refractivity contribution >= 4 is 11.8 Å². The van der Waals surface area contributed by atoms with Gasteiger partial charge in [0.25, 0.3) is 0 Å². The van der Waals surface area contributed by atoms with E-state index in [1.807, 2.05) is 18.8 Å². The second-order valence-corrected chi connectivity index (χ2v) is 6.13. The van der Waals surface area contributed by atoms with Crippen LogP contribution < -0.4 is 5.32 Å². The first-order valence-electron chi connectivity index (χ1n) is 6.75. The van der Waals surface area contributed by atoms with Crippen LogP contribution in [0.4, 0.5) is 0 Å². The molecule has 0 aromatic heterocycles. The summed E-state index contributed by atoms with van der Waals surface area (Å²) in [6, 6.07) is 8.97. The Hall–Kier alpha value is -0.470. The van der Waals surface area contributed by atoms with Gasteiger partial charge >= 0.3 is 0 Å². The number of rotatable bonds is 6. The van der Waals surface area contributed by atoms with Crippen molar-refractivity contribution in [2.24, 2.45) is 5.92 Å². The normalized spacial score (nSPS) is 16.5. The van der Waals surface area contributed by atoms with Crippen molar-refractivity contribution in [2.45, 2.75) is 43.5 Å². The molecule has 0 aliphatic heterocycles. The molecule has 2 heteroatoms. The molecule has 17 heavy (non-hydrogen) atoms. The Bertz CT molecular complexity index is 314. The highest BCUT2D eigenvalue weighted by atomic mass is 32.2. The van der Waals surface area contributed by atoms with E-state index in [1.165, 1.54) is 48.3 Å². The van der Waals surface area contributed by atoms with E-state index in [4.69, 9.17) is 0 Å². The summed E-state index contributed by atoms with van der Waals surface area (Å²) in [4.78, 5) is 1.42. The molecule has 0 radical (unpaired) electrons. The third kappa shape index (κ3) is 4.36. The number of thioether (sulfide) groups is 1. The van der Waals surface area contributed by atoms with Gasteiger partial charge in [-0.3, -0.25) is 0 Å². The molecule has 1 aliphatic carbocycles. The summed E-state index contributed by atoms with van der Waals surface area (Å²) in [5.74, 6) is 2.31. The molecule has 1 saturated carbocycles. The van der Waals surface area contributed by atoms with Crippen molar-refractivity contribution in [3.8, 4) is 0 Å². The summed E-state index contributed by atoms with van der Waals surface area (Å²) in [5.41, 5.74) is 1.37. The van der Waals surface area contributed by atoms with E-state index in [0.717, 1.165) is 12.5 Å². The van der Waals surface area contributed by atoms with Gasteiger partial charge in [0, 0.05) is 11.4 Å².